The molecule has 1 heteroatoms. The monoisotopic (exact) mass is 195 g/mol. The van der Waals surface area contributed by atoms with Crippen LogP contribution in [0.1, 0.15) is 58.8 Å². The molecular formula is C13H25N. The first-order valence-electron chi connectivity index (χ1n) is 6.41. The summed E-state index contributed by atoms with van der Waals surface area (Å²) in [5.74, 6) is 1.52. The number of hydrogen-bond acceptors (Lipinski definition) is 1. The van der Waals surface area contributed by atoms with Crippen LogP contribution in [0.25, 0.3) is 0 Å². The summed E-state index contributed by atoms with van der Waals surface area (Å²) in [6, 6.07) is 0.460. The maximum absolute atomic E-state index is 6.33. The van der Waals surface area contributed by atoms with Crippen LogP contribution in [0.4, 0.5) is 0 Å². The SMILES string of the molecule is CC(C)C(N)C1CCC12CCCCC2. The molecule has 1 nitrogen and oxygen atoms in total. The van der Waals surface area contributed by atoms with Crippen molar-refractivity contribution in [1.82, 2.24) is 0 Å². The van der Waals surface area contributed by atoms with E-state index in [4.69, 9.17) is 5.73 Å². The van der Waals surface area contributed by atoms with Gasteiger partial charge in [-0.2, -0.15) is 0 Å². The van der Waals surface area contributed by atoms with E-state index in [1.54, 1.807) is 0 Å². The van der Waals surface area contributed by atoms with Gasteiger partial charge < -0.3 is 5.73 Å². The Morgan fingerprint density at radius 3 is 2.14 bits per heavy atom. The molecule has 0 saturated heterocycles. The maximum atomic E-state index is 6.33. The molecule has 0 aromatic rings. The van der Waals surface area contributed by atoms with Crippen LogP contribution in [-0.4, -0.2) is 6.04 Å². The van der Waals surface area contributed by atoms with Gasteiger partial charge in [-0.1, -0.05) is 33.1 Å². The highest BCUT2D eigenvalue weighted by Crippen LogP contribution is 2.57. The van der Waals surface area contributed by atoms with Crippen molar-refractivity contribution in [2.24, 2.45) is 23.0 Å². The Hall–Kier alpha value is -0.0400. The zero-order chi connectivity index (χ0) is 10.2. The third-order valence-corrected chi connectivity index (χ3v) is 4.82. The molecule has 2 fully saturated rings. The van der Waals surface area contributed by atoms with E-state index < -0.39 is 0 Å². The van der Waals surface area contributed by atoms with Crippen LogP contribution in [0.2, 0.25) is 0 Å². The molecule has 0 aromatic carbocycles. The smallest absolute Gasteiger partial charge is 0.00956 e. The van der Waals surface area contributed by atoms with Crippen LogP contribution in [0, 0.1) is 17.3 Å². The zero-order valence-corrected chi connectivity index (χ0v) is 9.76. The van der Waals surface area contributed by atoms with E-state index in [1.165, 1.54) is 44.9 Å². The molecule has 2 aliphatic carbocycles. The summed E-state index contributed by atoms with van der Waals surface area (Å²) in [6.07, 6.45) is 10.2. The van der Waals surface area contributed by atoms with Crippen LogP contribution in [0.15, 0.2) is 0 Å². The van der Waals surface area contributed by atoms with E-state index in [0.717, 1.165) is 5.92 Å². The Morgan fingerprint density at radius 2 is 1.71 bits per heavy atom. The first-order valence-corrected chi connectivity index (χ1v) is 6.41. The third-order valence-electron chi connectivity index (χ3n) is 4.82. The first kappa shape index (κ1) is 10.5. The molecule has 2 rings (SSSR count). The summed E-state index contributed by atoms with van der Waals surface area (Å²) in [6.45, 7) is 4.55. The second-order valence-corrected chi connectivity index (χ2v) is 5.89. The molecule has 2 N–H and O–H groups in total. The van der Waals surface area contributed by atoms with E-state index in [-0.39, 0.29) is 0 Å². The van der Waals surface area contributed by atoms with Crippen molar-refractivity contribution in [2.45, 2.75) is 64.8 Å². The molecular weight excluding hydrogens is 170 g/mol. The van der Waals surface area contributed by atoms with Crippen LogP contribution in [-0.2, 0) is 0 Å². The summed E-state index contributed by atoms with van der Waals surface area (Å²) in [4.78, 5) is 0. The van der Waals surface area contributed by atoms with Crippen molar-refractivity contribution < 1.29 is 0 Å². The Kier molecular flexibility index (Phi) is 2.88. The number of hydrogen-bond donors (Lipinski definition) is 1. The molecule has 0 bridgehead atoms. The molecule has 1 spiro atoms. The average molecular weight is 195 g/mol. The standard InChI is InChI=1S/C13H25N/c1-10(2)12(14)11-6-9-13(11)7-4-3-5-8-13/h10-12H,3-9,14H2,1-2H3. The van der Waals surface area contributed by atoms with Gasteiger partial charge in [0.05, 0.1) is 0 Å². The number of rotatable bonds is 2. The van der Waals surface area contributed by atoms with Crippen molar-refractivity contribution in [3.8, 4) is 0 Å². The lowest BCUT2D eigenvalue weighted by Gasteiger charge is -2.55. The van der Waals surface area contributed by atoms with Gasteiger partial charge in [-0.3, -0.25) is 0 Å². The van der Waals surface area contributed by atoms with Gasteiger partial charge in [-0.25, -0.2) is 0 Å². The van der Waals surface area contributed by atoms with Gasteiger partial charge in [-0.15, -0.1) is 0 Å². The quantitative estimate of drug-likeness (QED) is 0.718. The molecule has 0 aromatic heterocycles. The molecule has 2 saturated carbocycles. The van der Waals surface area contributed by atoms with Crippen LogP contribution >= 0.6 is 0 Å². The second-order valence-electron chi connectivity index (χ2n) is 5.89. The van der Waals surface area contributed by atoms with Crippen LogP contribution < -0.4 is 5.73 Å². The fraction of sp³-hybridized carbons (Fsp3) is 1.00. The fourth-order valence-electron chi connectivity index (χ4n) is 3.66. The normalized spacial score (nSPS) is 33.0. The lowest BCUT2D eigenvalue weighted by Crippen LogP contribution is -2.52. The second kappa shape index (κ2) is 3.84. The average Bonchev–Trinajstić information content (AvgIpc) is 2.17. The van der Waals surface area contributed by atoms with Crippen LogP contribution in [0.3, 0.4) is 0 Å². The van der Waals surface area contributed by atoms with Gasteiger partial charge in [0.25, 0.3) is 0 Å². The van der Waals surface area contributed by atoms with Gasteiger partial charge in [0.15, 0.2) is 0 Å². The zero-order valence-electron chi connectivity index (χ0n) is 9.76. The van der Waals surface area contributed by atoms with Gasteiger partial charge in [-0.05, 0) is 42.9 Å². The summed E-state index contributed by atoms with van der Waals surface area (Å²) in [7, 11) is 0. The molecule has 2 unspecified atom stereocenters. The lowest BCUT2D eigenvalue weighted by atomic mass is 9.51. The molecule has 82 valence electrons. The molecule has 0 radical (unpaired) electrons. The highest BCUT2D eigenvalue weighted by Gasteiger charge is 2.49. The largest absolute Gasteiger partial charge is 0.327 e. The van der Waals surface area contributed by atoms with Crippen molar-refractivity contribution in [1.29, 1.82) is 0 Å². The van der Waals surface area contributed by atoms with Gasteiger partial charge in [0, 0.05) is 6.04 Å². The third kappa shape index (κ3) is 1.60. The molecule has 0 aliphatic heterocycles. The lowest BCUT2D eigenvalue weighted by molar-refractivity contribution is -0.0330. The number of nitrogens with two attached hydrogens (primary N) is 1. The van der Waals surface area contributed by atoms with E-state index in [0.29, 0.717) is 17.4 Å². The molecule has 2 atom stereocenters. The predicted molar refractivity (Wildman–Crippen MR) is 61.1 cm³/mol. The van der Waals surface area contributed by atoms with Crippen molar-refractivity contribution >= 4 is 0 Å². The predicted octanol–water partition coefficient (Wildman–Crippen LogP) is 3.33. The minimum atomic E-state index is 0.460. The van der Waals surface area contributed by atoms with Crippen molar-refractivity contribution in [2.75, 3.05) is 0 Å². The Bertz CT molecular complexity index is 191. The van der Waals surface area contributed by atoms with E-state index >= 15 is 0 Å². The van der Waals surface area contributed by atoms with E-state index in [9.17, 15) is 0 Å². The topological polar surface area (TPSA) is 26.0 Å². The summed E-state index contributed by atoms with van der Waals surface area (Å²) in [5, 5.41) is 0. The summed E-state index contributed by atoms with van der Waals surface area (Å²) in [5.41, 5.74) is 7.02. The van der Waals surface area contributed by atoms with E-state index in [2.05, 4.69) is 13.8 Å². The maximum Gasteiger partial charge on any atom is 0.00956 e. The Morgan fingerprint density at radius 1 is 1.07 bits per heavy atom. The first-order chi connectivity index (χ1) is 6.66. The minimum absolute atomic E-state index is 0.460. The minimum Gasteiger partial charge on any atom is -0.327 e. The van der Waals surface area contributed by atoms with Gasteiger partial charge in [0.1, 0.15) is 0 Å². The highest BCUT2D eigenvalue weighted by molar-refractivity contribution is 5.01. The van der Waals surface area contributed by atoms with Crippen molar-refractivity contribution in [3.63, 3.8) is 0 Å². The molecule has 0 heterocycles. The Balaban J connectivity index is 1.99. The van der Waals surface area contributed by atoms with Gasteiger partial charge >= 0.3 is 0 Å². The molecule has 0 amide bonds. The summed E-state index contributed by atoms with van der Waals surface area (Å²) >= 11 is 0. The van der Waals surface area contributed by atoms with E-state index in [1.807, 2.05) is 0 Å². The van der Waals surface area contributed by atoms with Gasteiger partial charge in [0.2, 0.25) is 0 Å². The molecule has 14 heavy (non-hydrogen) atoms. The fourth-order valence-corrected chi connectivity index (χ4v) is 3.66. The molecule has 2 aliphatic rings. The summed E-state index contributed by atoms with van der Waals surface area (Å²) < 4.78 is 0. The van der Waals surface area contributed by atoms with Crippen molar-refractivity contribution in [3.05, 3.63) is 0 Å². The van der Waals surface area contributed by atoms with Crippen LogP contribution in [0.5, 0.6) is 0 Å². The highest BCUT2D eigenvalue weighted by atomic mass is 14.7. The Labute approximate surface area is 88.4 Å².